The fraction of sp³-hybridized carbons (Fsp3) is 0.977. The quantitative estimate of drug-likeness (QED) is 0.0380. The van der Waals surface area contributed by atoms with Crippen LogP contribution in [0.3, 0.4) is 0 Å². The second-order valence-electron chi connectivity index (χ2n) is 15.0. The molecule has 306 valence electrons. The second kappa shape index (κ2) is 42.2. The van der Waals surface area contributed by atoms with Gasteiger partial charge in [0.1, 0.15) is 0 Å². The molecule has 0 aromatic carbocycles. The lowest BCUT2D eigenvalue weighted by Crippen LogP contribution is -2.34. The Hall–Kier alpha value is -0.540. The summed E-state index contributed by atoms with van der Waals surface area (Å²) in [5.41, 5.74) is 0. The van der Waals surface area contributed by atoms with Crippen molar-refractivity contribution in [2.45, 2.75) is 220 Å². The highest BCUT2D eigenvalue weighted by Gasteiger charge is 2.11. The Morgan fingerprint density at radius 3 is 1.43 bits per heavy atom. The molecule has 8 heteroatoms. The lowest BCUT2D eigenvalue weighted by atomic mass is 10.1. The lowest BCUT2D eigenvalue weighted by Gasteiger charge is -2.22. The third kappa shape index (κ3) is 40.5. The predicted octanol–water partition coefficient (Wildman–Crippen LogP) is 11.8. The first kappa shape index (κ1) is 50.5. The molecule has 0 saturated heterocycles. The Labute approximate surface area is 320 Å². The first-order valence-corrected chi connectivity index (χ1v) is 23.8. The van der Waals surface area contributed by atoms with Crippen LogP contribution in [0, 0.1) is 0 Å². The molecule has 0 radical (unpaired) electrons. The largest absolute Gasteiger partial charge is 0.466 e. The van der Waals surface area contributed by atoms with Gasteiger partial charge in [-0.2, -0.15) is 0 Å². The molecule has 0 spiro atoms. The predicted molar refractivity (Wildman–Crippen MR) is 221 cm³/mol. The average molecular weight is 745 g/mol. The summed E-state index contributed by atoms with van der Waals surface area (Å²) in [6.07, 6.45) is 37.7. The van der Waals surface area contributed by atoms with Crippen LogP contribution < -0.4 is 4.72 Å². The summed E-state index contributed by atoms with van der Waals surface area (Å²) in [5.74, 6) is -0.0233. The molecule has 0 heterocycles. The molecule has 0 aromatic rings. The first-order valence-electron chi connectivity index (χ1n) is 22.2. The van der Waals surface area contributed by atoms with Crippen LogP contribution in [-0.2, 0) is 30.0 Å². The van der Waals surface area contributed by atoms with Crippen molar-refractivity contribution in [3.63, 3.8) is 0 Å². The van der Waals surface area contributed by atoms with Crippen LogP contribution in [0.5, 0.6) is 0 Å². The maximum absolute atomic E-state index is 12.1. The van der Waals surface area contributed by atoms with Crippen LogP contribution in [0.4, 0.5) is 0 Å². The van der Waals surface area contributed by atoms with E-state index in [0.717, 1.165) is 84.3 Å². The van der Waals surface area contributed by atoms with E-state index in [0.29, 0.717) is 13.0 Å². The standard InChI is InChI=1S/C43H88N2O5S/c1-5-8-11-14-17-25-30-39-48-42(46)33-26-19-18-21-28-36-45(38-35-44-51(4)47)37-29-22-20-27-34-43(49-40-31-23-15-12-9-6-2)50-41-32-24-16-13-10-7-3/h43-44H,5-41H2,1-4H3. The fourth-order valence-corrected chi connectivity index (χ4v) is 6.92. The number of carbonyl (C=O) groups is 1. The second-order valence-corrected chi connectivity index (χ2v) is 16.2. The number of hydrogen-bond donors (Lipinski definition) is 1. The molecule has 0 fully saturated rings. The average Bonchev–Trinajstić information content (AvgIpc) is 3.12. The van der Waals surface area contributed by atoms with Crippen molar-refractivity contribution >= 4 is 17.0 Å². The van der Waals surface area contributed by atoms with Crippen LogP contribution in [-0.4, -0.2) is 73.6 Å². The van der Waals surface area contributed by atoms with Crippen LogP contribution in [0.15, 0.2) is 0 Å². The summed E-state index contributed by atoms with van der Waals surface area (Å²) < 4.78 is 32.6. The molecular weight excluding hydrogens is 657 g/mol. The first-order chi connectivity index (χ1) is 25.0. The number of carbonyl (C=O) groups excluding carboxylic acids is 1. The molecule has 1 N–H and O–H groups in total. The van der Waals surface area contributed by atoms with Gasteiger partial charge < -0.3 is 19.1 Å². The van der Waals surface area contributed by atoms with E-state index in [2.05, 4.69) is 30.4 Å². The van der Waals surface area contributed by atoms with Gasteiger partial charge in [-0.15, -0.1) is 0 Å². The zero-order valence-corrected chi connectivity index (χ0v) is 35.5. The van der Waals surface area contributed by atoms with E-state index in [1.807, 2.05) is 0 Å². The number of rotatable bonds is 43. The minimum Gasteiger partial charge on any atom is -0.466 e. The molecule has 7 nitrogen and oxygen atoms in total. The van der Waals surface area contributed by atoms with Crippen molar-refractivity contribution in [3.8, 4) is 0 Å². The maximum atomic E-state index is 12.1. The highest BCUT2D eigenvalue weighted by atomic mass is 32.2. The van der Waals surface area contributed by atoms with Crippen LogP contribution in [0.1, 0.15) is 213 Å². The topological polar surface area (TPSA) is 77.1 Å². The van der Waals surface area contributed by atoms with E-state index in [1.54, 1.807) is 6.26 Å². The molecule has 0 rings (SSSR count). The van der Waals surface area contributed by atoms with Crippen molar-refractivity contribution in [3.05, 3.63) is 0 Å². The van der Waals surface area contributed by atoms with E-state index in [1.165, 1.54) is 141 Å². The van der Waals surface area contributed by atoms with Crippen molar-refractivity contribution in [1.29, 1.82) is 0 Å². The Morgan fingerprint density at radius 1 is 0.529 bits per heavy atom. The Kier molecular flexibility index (Phi) is 41.8. The summed E-state index contributed by atoms with van der Waals surface area (Å²) in [4.78, 5) is 14.6. The van der Waals surface area contributed by atoms with Gasteiger partial charge in [0, 0.05) is 39.0 Å². The van der Waals surface area contributed by atoms with Gasteiger partial charge in [-0.1, -0.05) is 156 Å². The number of nitrogens with one attached hydrogen (secondary N) is 1. The molecule has 0 aliphatic carbocycles. The summed E-state index contributed by atoms with van der Waals surface area (Å²) in [6.45, 7) is 12.9. The molecule has 51 heavy (non-hydrogen) atoms. The summed E-state index contributed by atoms with van der Waals surface area (Å²) >= 11 is 0. The number of nitrogens with zero attached hydrogens (tertiary/aromatic N) is 1. The monoisotopic (exact) mass is 745 g/mol. The number of unbranched alkanes of at least 4 members (excludes halogenated alkanes) is 23. The zero-order valence-electron chi connectivity index (χ0n) is 34.6. The molecule has 0 aliphatic heterocycles. The normalized spacial score (nSPS) is 12.4. The summed E-state index contributed by atoms with van der Waals surface area (Å²) in [7, 11) is -0.967. The minimum atomic E-state index is -0.967. The molecule has 0 amide bonds. The van der Waals surface area contributed by atoms with Gasteiger partial charge in [-0.25, -0.2) is 8.93 Å². The maximum Gasteiger partial charge on any atom is 0.305 e. The minimum absolute atomic E-state index is 0.0233. The van der Waals surface area contributed by atoms with Gasteiger partial charge in [0.05, 0.1) is 17.6 Å². The molecule has 1 unspecified atom stereocenters. The van der Waals surface area contributed by atoms with Crippen molar-refractivity contribution < 1.29 is 23.2 Å². The molecule has 0 saturated carbocycles. The zero-order chi connectivity index (χ0) is 37.3. The molecule has 0 aliphatic rings. The fourth-order valence-electron chi connectivity index (χ4n) is 6.54. The molecule has 0 aromatic heterocycles. The smallest absolute Gasteiger partial charge is 0.305 e. The van der Waals surface area contributed by atoms with Gasteiger partial charge in [0.2, 0.25) is 0 Å². The Bertz CT molecular complexity index is 711. The molecule has 0 bridgehead atoms. The number of hydrogen-bond acceptors (Lipinski definition) is 6. The van der Waals surface area contributed by atoms with E-state index in [-0.39, 0.29) is 12.3 Å². The van der Waals surface area contributed by atoms with E-state index < -0.39 is 11.0 Å². The van der Waals surface area contributed by atoms with Gasteiger partial charge in [-0.3, -0.25) is 4.79 Å². The Morgan fingerprint density at radius 2 is 0.941 bits per heavy atom. The van der Waals surface area contributed by atoms with Crippen molar-refractivity contribution in [1.82, 2.24) is 9.62 Å². The number of ether oxygens (including phenoxy) is 3. The highest BCUT2D eigenvalue weighted by molar-refractivity contribution is 7.82. The van der Waals surface area contributed by atoms with Crippen molar-refractivity contribution in [2.24, 2.45) is 0 Å². The molecular formula is C43H88N2O5S. The lowest BCUT2D eigenvalue weighted by molar-refractivity contribution is -0.148. The van der Waals surface area contributed by atoms with E-state index in [9.17, 15) is 9.00 Å². The summed E-state index contributed by atoms with van der Waals surface area (Å²) in [6, 6.07) is 0. The van der Waals surface area contributed by atoms with E-state index in [4.69, 9.17) is 14.2 Å². The van der Waals surface area contributed by atoms with Gasteiger partial charge in [-0.05, 0) is 64.5 Å². The highest BCUT2D eigenvalue weighted by Crippen LogP contribution is 2.15. The summed E-state index contributed by atoms with van der Waals surface area (Å²) in [5, 5.41) is 0. The van der Waals surface area contributed by atoms with Gasteiger partial charge in [0.25, 0.3) is 0 Å². The van der Waals surface area contributed by atoms with E-state index >= 15 is 0 Å². The Balaban J connectivity index is 4.22. The van der Waals surface area contributed by atoms with Gasteiger partial charge >= 0.3 is 5.97 Å². The van der Waals surface area contributed by atoms with Crippen LogP contribution in [0.2, 0.25) is 0 Å². The van der Waals surface area contributed by atoms with Crippen LogP contribution >= 0.6 is 0 Å². The van der Waals surface area contributed by atoms with Gasteiger partial charge in [0.15, 0.2) is 6.29 Å². The van der Waals surface area contributed by atoms with Crippen molar-refractivity contribution in [2.75, 3.05) is 52.3 Å². The third-order valence-corrected chi connectivity index (χ3v) is 10.5. The SMILES string of the molecule is CCCCCCCCCOC(=O)CCCCCCCN(CCCCCCC(OCCCCCCCC)OCCCCCCCC)CCNS(C)=O. The molecule has 1 atom stereocenters. The number of esters is 1. The third-order valence-electron chi connectivity index (χ3n) is 9.87. The van der Waals surface area contributed by atoms with Crippen LogP contribution in [0.25, 0.3) is 0 Å².